The van der Waals surface area contributed by atoms with Crippen molar-refractivity contribution < 1.29 is 4.52 Å². The maximum atomic E-state index is 5.22. The summed E-state index contributed by atoms with van der Waals surface area (Å²) in [6.45, 7) is 6.11. The van der Waals surface area contributed by atoms with Gasteiger partial charge < -0.3 is 9.84 Å². The van der Waals surface area contributed by atoms with E-state index in [1.807, 2.05) is 24.7 Å². The van der Waals surface area contributed by atoms with Crippen LogP contribution in [0.25, 0.3) is 11.6 Å². The molecular formula is C12H18N6O. The summed E-state index contributed by atoms with van der Waals surface area (Å²) in [5.41, 5.74) is 0.651. The zero-order chi connectivity index (χ0) is 13.2. The molecule has 3 heterocycles. The molecule has 0 amide bonds. The minimum absolute atomic E-state index is 0.247. The summed E-state index contributed by atoms with van der Waals surface area (Å²) >= 11 is 0. The second-order valence-corrected chi connectivity index (χ2v) is 5.18. The highest BCUT2D eigenvalue weighted by Crippen LogP contribution is 2.21. The van der Waals surface area contributed by atoms with Crippen molar-refractivity contribution in [3.63, 3.8) is 0 Å². The Morgan fingerprint density at radius 3 is 2.84 bits per heavy atom. The van der Waals surface area contributed by atoms with E-state index in [0.29, 0.717) is 23.5 Å². The third-order valence-electron chi connectivity index (χ3n) is 3.37. The zero-order valence-corrected chi connectivity index (χ0v) is 11.2. The average Bonchev–Trinajstić information content (AvgIpc) is 3.09. The second kappa shape index (κ2) is 5.08. The van der Waals surface area contributed by atoms with Gasteiger partial charge in [-0.3, -0.25) is 0 Å². The molecule has 3 rings (SSSR count). The van der Waals surface area contributed by atoms with Crippen LogP contribution in [-0.4, -0.2) is 38.2 Å². The third kappa shape index (κ3) is 2.51. The lowest BCUT2D eigenvalue weighted by molar-refractivity contribution is 0.337. The molecule has 1 saturated heterocycles. The van der Waals surface area contributed by atoms with Crippen LogP contribution in [0.1, 0.15) is 44.5 Å². The van der Waals surface area contributed by atoms with Crippen LogP contribution in [0.3, 0.4) is 0 Å². The summed E-state index contributed by atoms with van der Waals surface area (Å²) in [6.07, 6.45) is 4.04. The van der Waals surface area contributed by atoms with Gasteiger partial charge in [-0.25, -0.2) is 4.68 Å². The minimum atomic E-state index is 0.247. The van der Waals surface area contributed by atoms with E-state index in [0.717, 1.165) is 25.9 Å². The molecule has 19 heavy (non-hydrogen) atoms. The first-order valence-corrected chi connectivity index (χ1v) is 6.70. The first kappa shape index (κ1) is 12.3. The van der Waals surface area contributed by atoms with Gasteiger partial charge in [-0.1, -0.05) is 24.2 Å². The first-order valence-electron chi connectivity index (χ1n) is 6.70. The average molecular weight is 262 g/mol. The molecule has 0 aromatic carbocycles. The Labute approximate surface area is 111 Å². The van der Waals surface area contributed by atoms with Gasteiger partial charge in [-0.05, 0) is 25.9 Å². The number of piperidine rings is 1. The Kier molecular flexibility index (Phi) is 3.29. The number of aromatic nitrogens is 5. The normalized spacial score (nSPS) is 17.2. The van der Waals surface area contributed by atoms with Gasteiger partial charge in [0, 0.05) is 5.92 Å². The molecule has 7 nitrogen and oxygen atoms in total. The predicted molar refractivity (Wildman–Crippen MR) is 68.5 cm³/mol. The molecule has 0 saturated carbocycles. The maximum Gasteiger partial charge on any atom is 0.280 e. The summed E-state index contributed by atoms with van der Waals surface area (Å²) in [5, 5.41) is 15.6. The van der Waals surface area contributed by atoms with E-state index in [1.54, 1.807) is 0 Å². The van der Waals surface area contributed by atoms with Crippen LogP contribution < -0.4 is 5.32 Å². The number of rotatable bonds is 3. The molecule has 0 aliphatic carbocycles. The van der Waals surface area contributed by atoms with Gasteiger partial charge in [-0.2, -0.15) is 4.98 Å². The van der Waals surface area contributed by atoms with Crippen LogP contribution >= 0.6 is 0 Å². The standard InChI is InChI=1S/C12H18N6O/c1-8(2)11-14-12(19-16-11)10-7-18(17-15-10)9-3-5-13-6-4-9/h7-9,13H,3-6H2,1-2H3. The highest BCUT2D eigenvalue weighted by molar-refractivity contribution is 5.43. The molecule has 2 aromatic heterocycles. The Morgan fingerprint density at radius 2 is 2.16 bits per heavy atom. The van der Waals surface area contributed by atoms with Crippen molar-refractivity contribution in [1.82, 2.24) is 30.5 Å². The van der Waals surface area contributed by atoms with Gasteiger partial charge >= 0.3 is 0 Å². The van der Waals surface area contributed by atoms with E-state index >= 15 is 0 Å². The van der Waals surface area contributed by atoms with E-state index < -0.39 is 0 Å². The van der Waals surface area contributed by atoms with Crippen molar-refractivity contribution in [1.29, 1.82) is 0 Å². The molecule has 102 valence electrons. The van der Waals surface area contributed by atoms with Crippen LogP contribution in [-0.2, 0) is 0 Å². The van der Waals surface area contributed by atoms with Crippen molar-refractivity contribution in [2.75, 3.05) is 13.1 Å². The molecule has 0 atom stereocenters. The Bertz CT molecular complexity index is 540. The molecule has 1 fully saturated rings. The number of nitrogens with one attached hydrogen (secondary N) is 1. The summed E-state index contributed by atoms with van der Waals surface area (Å²) < 4.78 is 7.14. The fraction of sp³-hybridized carbons (Fsp3) is 0.667. The van der Waals surface area contributed by atoms with Gasteiger partial charge in [0.05, 0.1) is 12.2 Å². The molecule has 0 bridgehead atoms. The SMILES string of the molecule is CC(C)c1noc(-c2cn(C3CCNCC3)nn2)n1. The highest BCUT2D eigenvalue weighted by atomic mass is 16.5. The summed E-state index contributed by atoms with van der Waals surface area (Å²) in [7, 11) is 0. The van der Waals surface area contributed by atoms with E-state index in [9.17, 15) is 0 Å². The molecule has 1 aliphatic rings. The highest BCUT2D eigenvalue weighted by Gasteiger charge is 2.19. The van der Waals surface area contributed by atoms with Gasteiger partial charge in [0.25, 0.3) is 5.89 Å². The van der Waals surface area contributed by atoms with Crippen molar-refractivity contribution >= 4 is 0 Å². The van der Waals surface area contributed by atoms with E-state index in [-0.39, 0.29) is 5.92 Å². The maximum absolute atomic E-state index is 5.22. The van der Waals surface area contributed by atoms with Crippen molar-refractivity contribution in [3.05, 3.63) is 12.0 Å². The lowest BCUT2D eigenvalue weighted by atomic mass is 10.1. The Morgan fingerprint density at radius 1 is 1.37 bits per heavy atom. The van der Waals surface area contributed by atoms with E-state index in [1.165, 1.54) is 0 Å². The molecule has 0 unspecified atom stereocenters. The molecule has 1 N–H and O–H groups in total. The lowest BCUT2D eigenvalue weighted by Gasteiger charge is -2.21. The number of hydrogen-bond donors (Lipinski definition) is 1. The van der Waals surface area contributed by atoms with Crippen LogP contribution in [0.2, 0.25) is 0 Å². The minimum Gasteiger partial charge on any atom is -0.332 e. The Hall–Kier alpha value is -1.76. The first-order chi connectivity index (χ1) is 9.24. The number of hydrogen-bond acceptors (Lipinski definition) is 6. The molecule has 0 spiro atoms. The lowest BCUT2D eigenvalue weighted by Crippen LogP contribution is -2.29. The summed E-state index contributed by atoms with van der Waals surface area (Å²) in [6, 6.07) is 0.412. The quantitative estimate of drug-likeness (QED) is 0.899. The van der Waals surface area contributed by atoms with Crippen LogP contribution in [0.5, 0.6) is 0 Å². The zero-order valence-electron chi connectivity index (χ0n) is 11.2. The molecule has 2 aromatic rings. The fourth-order valence-electron chi connectivity index (χ4n) is 2.20. The van der Waals surface area contributed by atoms with Crippen molar-refractivity contribution in [3.8, 4) is 11.6 Å². The molecule has 7 heteroatoms. The van der Waals surface area contributed by atoms with Crippen molar-refractivity contribution in [2.24, 2.45) is 0 Å². The van der Waals surface area contributed by atoms with Crippen molar-refractivity contribution in [2.45, 2.75) is 38.6 Å². The van der Waals surface area contributed by atoms with E-state index in [4.69, 9.17) is 4.52 Å². The Balaban J connectivity index is 1.79. The summed E-state index contributed by atoms with van der Waals surface area (Å²) in [4.78, 5) is 4.33. The number of nitrogens with zero attached hydrogens (tertiary/aromatic N) is 5. The van der Waals surface area contributed by atoms with E-state index in [2.05, 4.69) is 25.8 Å². The molecule has 0 radical (unpaired) electrons. The largest absolute Gasteiger partial charge is 0.332 e. The second-order valence-electron chi connectivity index (χ2n) is 5.18. The topological polar surface area (TPSA) is 81.7 Å². The van der Waals surface area contributed by atoms with Gasteiger partial charge in [-0.15, -0.1) is 5.10 Å². The third-order valence-corrected chi connectivity index (χ3v) is 3.37. The smallest absolute Gasteiger partial charge is 0.280 e. The molecule has 1 aliphatic heterocycles. The van der Waals surface area contributed by atoms with Gasteiger partial charge in [0.15, 0.2) is 11.5 Å². The fourth-order valence-corrected chi connectivity index (χ4v) is 2.20. The van der Waals surface area contributed by atoms with Gasteiger partial charge in [0.1, 0.15) is 0 Å². The predicted octanol–water partition coefficient (Wildman–Crippen LogP) is 1.38. The van der Waals surface area contributed by atoms with Gasteiger partial charge in [0.2, 0.25) is 0 Å². The summed E-state index contributed by atoms with van der Waals surface area (Å²) in [5.74, 6) is 1.40. The molecular weight excluding hydrogens is 244 g/mol. The van der Waals surface area contributed by atoms with Crippen LogP contribution in [0.15, 0.2) is 10.7 Å². The van der Waals surface area contributed by atoms with Crippen LogP contribution in [0, 0.1) is 0 Å². The monoisotopic (exact) mass is 262 g/mol. The van der Waals surface area contributed by atoms with Crippen LogP contribution in [0.4, 0.5) is 0 Å².